The van der Waals surface area contributed by atoms with Gasteiger partial charge in [0.25, 0.3) is 0 Å². The van der Waals surface area contributed by atoms with Crippen LogP contribution in [-0.2, 0) is 9.53 Å². The smallest absolute Gasteiger partial charge is 0.324 e. The topological polar surface area (TPSA) is 58.6 Å². The average molecular weight is 170 g/mol. The molecule has 2 aliphatic heterocycles. The number of urea groups is 1. The van der Waals surface area contributed by atoms with Gasteiger partial charge in [-0.2, -0.15) is 0 Å². The summed E-state index contributed by atoms with van der Waals surface area (Å²) >= 11 is 0. The van der Waals surface area contributed by atoms with Gasteiger partial charge in [0.05, 0.1) is 12.6 Å². The van der Waals surface area contributed by atoms with Gasteiger partial charge in [0.2, 0.25) is 5.91 Å². The first-order valence-corrected chi connectivity index (χ1v) is 3.95. The highest BCUT2D eigenvalue weighted by Crippen LogP contribution is 2.14. The van der Waals surface area contributed by atoms with E-state index in [0.29, 0.717) is 13.2 Å². The fourth-order valence-electron chi connectivity index (χ4n) is 1.52. The summed E-state index contributed by atoms with van der Waals surface area (Å²) in [5, 5.41) is 2.24. The van der Waals surface area contributed by atoms with Gasteiger partial charge in [-0.05, 0) is 6.42 Å². The highest BCUT2D eigenvalue weighted by Gasteiger charge is 2.34. The molecule has 2 saturated heterocycles. The molecule has 0 spiro atoms. The van der Waals surface area contributed by atoms with Crippen LogP contribution in [0.15, 0.2) is 0 Å². The molecule has 1 N–H and O–H groups in total. The first-order valence-electron chi connectivity index (χ1n) is 3.95. The van der Waals surface area contributed by atoms with Gasteiger partial charge in [0.15, 0.2) is 0 Å². The molecule has 2 rings (SSSR count). The number of amides is 3. The molecule has 3 amide bonds. The van der Waals surface area contributed by atoms with Crippen molar-refractivity contribution >= 4 is 11.9 Å². The fraction of sp³-hybridized carbons (Fsp3) is 0.714. The number of carbonyl (C=O) groups excluding carboxylic acids is 2. The van der Waals surface area contributed by atoms with Crippen LogP contribution in [0.4, 0.5) is 4.79 Å². The van der Waals surface area contributed by atoms with Crippen molar-refractivity contribution in [2.75, 3.05) is 19.8 Å². The minimum absolute atomic E-state index is 0.0939. The van der Waals surface area contributed by atoms with Crippen molar-refractivity contribution < 1.29 is 14.3 Å². The first kappa shape index (κ1) is 7.54. The van der Waals surface area contributed by atoms with E-state index in [2.05, 4.69) is 5.32 Å². The van der Waals surface area contributed by atoms with Crippen molar-refractivity contribution in [3.8, 4) is 0 Å². The summed E-state index contributed by atoms with van der Waals surface area (Å²) in [5.74, 6) is -0.216. The molecule has 2 aliphatic rings. The van der Waals surface area contributed by atoms with Gasteiger partial charge in [0.1, 0.15) is 6.54 Å². The SMILES string of the molecule is O=C1CN(C2CCOC2)C(=O)N1. The third-order valence-electron chi connectivity index (χ3n) is 2.17. The number of nitrogens with one attached hydrogen (secondary N) is 1. The molecule has 0 aliphatic carbocycles. The number of ether oxygens (including phenoxy) is 1. The van der Waals surface area contributed by atoms with Crippen molar-refractivity contribution in [1.29, 1.82) is 0 Å². The Kier molecular flexibility index (Phi) is 1.73. The third kappa shape index (κ3) is 1.16. The van der Waals surface area contributed by atoms with E-state index in [9.17, 15) is 9.59 Å². The zero-order valence-corrected chi connectivity index (χ0v) is 6.58. The molecule has 0 bridgehead atoms. The van der Waals surface area contributed by atoms with Gasteiger partial charge in [-0.3, -0.25) is 10.1 Å². The van der Waals surface area contributed by atoms with E-state index < -0.39 is 0 Å². The van der Waals surface area contributed by atoms with E-state index in [4.69, 9.17) is 4.74 Å². The molecule has 2 fully saturated rings. The van der Waals surface area contributed by atoms with E-state index in [1.807, 2.05) is 0 Å². The highest BCUT2D eigenvalue weighted by atomic mass is 16.5. The number of carbonyl (C=O) groups is 2. The lowest BCUT2D eigenvalue weighted by molar-refractivity contribution is -0.118. The lowest BCUT2D eigenvalue weighted by atomic mass is 10.2. The Balaban J connectivity index is 2.03. The van der Waals surface area contributed by atoms with Gasteiger partial charge >= 0.3 is 6.03 Å². The lowest BCUT2D eigenvalue weighted by Gasteiger charge is -2.19. The summed E-state index contributed by atoms with van der Waals surface area (Å²) in [5.41, 5.74) is 0. The number of hydrogen-bond acceptors (Lipinski definition) is 3. The van der Waals surface area contributed by atoms with Crippen molar-refractivity contribution in [3.63, 3.8) is 0 Å². The molecule has 0 aromatic rings. The van der Waals surface area contributed by atoms with E-state index in [1.165, 1.54) is 4.90 Å². The predicted molar refractivity (Wildman–Crippen MR) is 39.5 cm³/mol. The molecule has 0 aromatic heterocycles. The molecule has 0 saturated carbocycles. The minimum Gasteiger partial charge on any atom is -0.379 e. The van der Waals surface area contributed by atoms with Crippen molar-refractivity contribution in [1.82, 2.24) is 10.2 Å². The van der Waals surface area contributed by atoms with Gasteiger partial charge in [-0.1, -0.05) is 0 Å². The molecule has 1 atom stereocenters. The van der Waals surface area contributed by atoms with Crippen LogP contribution in [0.25, 0.3) is 0 Å². The predicted octanol–water partition coefficient (Wildman–Crippen LogP) is -0.673. The normalized spacial score (nSPS) is 29.7. The minimum atomic E-state index is -0.282. The van der Waals surface area contributed by atoms with Gasteiger partial charge < -0.3 is 9.64 Å². The lowest BCUT2D eigenvalue weighted by Crippen LogP contribution is -2.38. The number of nitrogens with zero attached hydrogens (tertiary/aromatic N) is 1. The van der Waals surface area contributed by atoms with Crippen LogP contribution >= 0.6 is 0 Å². The summed E-state index contributed by atoms with van der Waals surface area (Å²) in [4.78, 5) is 23.5. The van der Waals surface area contributed by atoms with Crippen LogP contribution in [0, 0.1) is 0 Å². The fourth-order valence-corrected chi connectivity index (χ4v) is 1.52. The second-order valence-corrected chi connectivity index (χ2v) is 3.00. The first-order chi connectivity index (χ1) is 5.77. The number of hydrogen-bond donors (Lipinski definition) is 1. The second kappa shape index (κ2) is 2.75. The maximum atomic E-state index is 11.1. The molecule has 0 radical (unpaired) electrons. The quantitative estimate of drug-likeness (QED) is 0.531. The maximum Gasteiger partial charge on any atom is 0.324 e. The monoisotopic (exact) mass is 170 g/mol. The van der Waals surface area contributed by atoms with Gasteiger partial charge in [0, 0.05) is 6.61 Å². The molecule has 66 valence electrons. The van der Waals surface area contributed by atoms with Gasteiger partial charge in [-0.15, -0.1) is 0 Å². The van der Waals surface area contributed by atoms with Crippen molar-refractivity contribution in [2.45, 2.75) is 12.5 Å². The zero-order chi connectivity index (χ0) is 8.55. The van der Waals surface area contributed by atoms with Crippen LogP contribution < -0.4 is 5.32 Å². The highest BCUT2D eigenvalue weighted by molar-refractivity contribution is 6.02. The number of rotatable bonds is 1. The van der Waals surface area contributed by atoms with E-state index in [1.54, 1.807) is 0 Å². The summed E-state index contributed by atoms with van der Waals surface area (Å²) in [6.45, 7) is 1.43. The Morgan fingerprint density at radius 3 is 2.83 bits per heavy atom. The second-order valence-electron chi connectivity index (χ2n) is 3.00. The molecule has 12 heavy (non-hydrogen) atoms. The summed E-state index contributed by atoms with van der Waals surface area (Å²) in [6, 6.07) is -0.188. The average Bonchev–Trinajstić information content (AvgIpc) is 2.58. The Bertz CT molecular complexity index is 223. The molecular formula is C7H10N2O3. The van der Waals surface area contributed by atoms with E-state index in [0.717, 1.165) is 6.42 Å². The Morgan fingerprint density at radius 1 is 1.50 bits per heavy atom. The maximum absolute atomic E-state index is 11.1. The molecule has 5 heteroatoms. The molecule has 0 aromatic carbocycles. The van der Waals surface area contributed by atoms with Crippen LogP contribution in [-0.4, -0.2) is 42.6 Å². The number of imide groups is 1. The molecule has 1 unspecified atom stereocenters. The van der Waals surface area contributed by atoms with Crippen LogP contribution in [0.2, 0.25) is 0 Å². The Labute approximate surface area is 69.7 Å². The standard InChI is InChI=1S/C7H10N2O3/c10-6-3-9(7(11)8-6)5-1-2-12-4-5/h5H,1-4H2,(H,8,10,11). The van der Waals surface area contributed by atoms with Crippen LogP contribution in [0.5, 0.6) is 0 Å². The molecule has 5 nitrogen and oxygen atoms in total. The van der Waals surface area contributed by atoms with Gasteiger partial charge in [-0.25, -0.2) is 4.79 Å². The Morgan fingerprint density at radius 2 is 2.33 bits per heavy atom. The zero-order valence-electron chi connectivity index (χ0n) is 6.58. The molecule has 2 heterocycles. The molecular weight excluding hydrogens is 160 g/mol. The van der Waals surface area contributed by atoms with E-state index in [-0.39, 0.29) is 24.5 Å². The van der Waals surface area contributed by atoms with E-state index >= 15 is 0 Å². The van der Waals surface area contributed by atoms with Crippen molar-refractivity contribution in [3.05, 3.63) is 0 Å². The largest absolute Gasteiger partial charge is 0.379 e. The van der Waals surface area contributed by atoms with Crippen molar-refractivity contribution in [2.24, 2.45) is 0 Å². The summed E-state index contributed by atoms with van der Waals surface area (Å²) in [6.07, 6.45) is 0.834. The summed E-state index contributed by atoms with van der Waals surface area (Å²) < 4.78 is 5.12. The summed E-state index contributed by atoms with van der Waals surface area (Å²) in [7, 11) is 0. The Hall–Kier alpha value is -1.10. The van der Waals surface area contributed by atoms with Crippen LogP contribution in [0.1, 0.15) is 6.42 Å². The van der Waals surface area contributed by atoms with Crippen LogP contribution in [0.3, 0.4) is 0 Å². The third-order valence-corrected chi connectivity index (χ3v) is 2.17.